The molecular weight excluding hydrogens is 246 g/mol. The van der Waals surface area contributed by atoms with E-state index in [-0.39, 0.29) is 0 Å². The van der Waals surface area contributed by atoms with Crippen LogP contribution in [0.1, 0.15) is 51.8 Å². The number of hydrogen-bond acceptors (Lipinski definition) is 3. The Hall–Kier alpha value is -1.09. The van der Waals surface area contributed by atoms with Crippen molar-refractivity contribution in [1.29, 1.82) is 0 Å². The van der Waals surface area contributed by atoms with Crippen LogP contribution in [0.5, 0.6) is 0 Å². The molecular formula is C17H31N3. The van der Waals surface area contributed by atoms with E-state index in [0.29, 0.717) is 0 Å². The molecule has 1 rings (SSSR count). The Labute approximate surface area is 124 Å². The highest BCUT2D eigenvalue weighted by Gasteiger charge is 2.12. The molecule has 1 heterocycles. The Morgan fingerprint density at radius 2 is 1.85 bits per heavy atom. The van der Waals surface area contributed by atoms with E-state index in [9.17, 15) is 0 Å². The van der Waals surface area contributed by atoms with E-state index in [1.807, 2.05) is 0 Å². The zero-order valence-corrected chi connectivity index (χ0v) is 13.9. The van der Waals surface area contributed by atoms with Crippen LogP contribution in [0.4, 0.5) is 5.82 Å². The molecule has 0 amide bonds. The molecule has 3 nitrogen and oxygen atoms in total. The minimum Gasteiger partial charge on any atom is -0.357 e. The van der Waals surface area contributed by atoms with Gasteiger partial charge in [0.25, 0.3) is 0 Å². The zero-order chi connectivity index (χ0) is 15.0. The van der Waals surface area contributed by atoms with Crippen molar-refractivity contribution in [2.24, 2.45) is 5.92 Å². The molecule has 1 aromatic heterocycles. The van der Waals surface area contributed by atoms with Crippen LogP contribution in [-0.4, -0.2) is 24.6 Å². The van der Waals surface area contributed by atoms with Crippen molar-refractivity contribution < 1.29 is 0 Å². The predicted molar refractivity (Wildman–Crippen MR) is 88.3 cm³/mol. The third-order valence-electron chi connectivity index (χ3n) is 3.92. The Balaban J connectivity index is 2.87. The summed E-state index contributed by atoms with van der Waals surface area (Å²) in [5, 5.41) is 3.39. The lowest BCUT2D eigenvalue weighted by atomic mass is 10.0. The highest BCUT2D eigenvalue weighted by atomic mass is 15.2. The maximum absolute atomic E-state index is 4.73. The second kappa shape index (κ2) is 8.96. The lowest BCUT2D eigenvalue weighted by Gasteiger charge is -2.27. The molecule has 0 unspecified atom stereocenters. The average molecular weight is 277 g/mol. The van der Waals surface area contributed by atoms with Gasteiger partial charge in [-0.2, -0.15) is 0 Å². The van der Waals surface area contributed by atoms with Crippen LogP contribution in [0.25, 0.3) is 0 Å². The van der Waals surface area contributed by atoms with Crippen LogP contribution in [0.2, 0.25) is 0 Å². The highest BCUT2D eigenvalue weighted by molar-refractivity contribution is 5.42. The Kier molecular flexibility index (Phi) is 7.60. The first kappa shape index (κ1) is 17.0. The molecule has 20 heavy (non-hydrogen) atoms. The second-order valence-corrected chi connectivity index (χ2v) is 5.48. The maximum Gasteiger partial charge on any atom is 0.129 e. The first-order chi connectivity index (χ1) is 9.64. The van der Waals surface area contributed by atoms with Crippen LogP contribution in [0.3, 0.4) is 0 Å². The Bertz CT molecular complexity index is 386. The van der Waals surface area contributed by atoms with Gasteiger partial charge in [0.1, 0.15) is 5.82 Å². The summed E-state index contributed by atoms with van der Waals surface area (Å²) >= 11 is 0. The fourth-order valence-electron chi connectivity index (χ4n) is 2.50. The summed E-state index contributed by atoms with van der Waals surface area (Å²) in [5.41, 5.74) is 2.44. The van der Waals surface area contributed by atoms with Crippen molar-refractivity contribution in [3.63, 3.8) is 0 Å². The second-order valence-electron chi connectivity index (χ2n) is 5.48. The minimum absolute atomic E-state index is 0.759. The third kappa shape index (κ3) is 5.12. The topological polar surface area (TPSA) is 28.2 Å². The molecule has 0 spiro atoms. The molecule has 0 aromatic carbocycles. The predicted octanol–water partition coefficient (Wildman–Crippen LogP) is 3.76. The quantitative estimate of drug-likeness (QED) is 0.745. The van der Waals surface area contributed by atoms with Gasteiger partial charge in [0.05, 0.1) is 0 Å². The van der Waals surface area contributed by atoms with E-state index in [0.717, 1.165) is 43.6 Å². The zero-order valence-electron chi connectivity index (χ0n) is 13.9. The molecule has 3 heteroatoms. The normalized spacial score (nSPS) is 11.1. The molecule has 0 aliphatic heterocycles. The van der Waals surface area contributed by atoms with Gasteiger partial charge in [-0.15, -0.1) is 0 Å². The summed E-state index contributed by atoms with van der Waals surface area (Å²) < 4.78 is 0. The van der Waals surface area contributed by atoms with E-state index in [1.54, 1.807) is 0 Å². The smallest absolute Gasteiger partial charge is 0.129 e. The van der Waals surface area contributed by atoms with Crippen molar-refractivity contribution in [3.8, 4) is 0 Å². The molecule has 0 atom stereocenters. The van der Waals surface area contributed by atoms with Crippen molar-refractivity contribution >= 4 is 5.82 Å². The fourth-order valence-corrected chi connectivity index (χ4v) is 2.50. The summed E-state index contributed by atoms with van der Waals surface area (Å²) in [5.74, 6) is 1.89. The third-order valence-corrected chi connectivity index (χ3v) is 3.92. The fraction of sp³-hybridized carbons (Fsp3) is 0.706. The summed E-state index contributed by atoms with van der Waals surface area (Å²) in [6.45, 7) is 15.1. The highest BCUT2D eigenvalue weighted by Crippen LogP contribution is 2.18. The number of rotatable bonds is 9. The van der Waals surface area contributed by atoms with E-state index in [1.165, 1.54) is 18.4 Å². The Morgan fingerprint density at radius 1 is 1.15 bits per heavy atom. The summed E-state index contributed by atoms with van der Waals surface area (Å²) in [7, 11) is 0. The molecule has 1 aromatic rings. The molecule has 0 saturated heterocycles. The van der Waals surface area contributed by atoms with Crippen LogP contribution in [-0.2, 0) is 6.54 Å². The summed E-state index contributed by atoms with van der Waals surface area (Å²) in [4.78, 5) is 7.15. The van der Waals surface area contributed by atoms with Crippen molar-refractivity contribution in [2.75, 3.05) is 24.5 Å². The van der Waals surface area contributed by atoms with Crippen molar-refractivity contribution in [2.45, 2.75) is 54.0 Å². The van der Waals surface area contributed by atoms with Crippen molar-refractivity contribution in [1.82, 2.24) is 10.3 Å². The van der Waals surface area contributed by atoms with Gasteiger partial charge in [0, 0.05) is 25.3 Å². The number of nitrogens with one attached hydrogen (secondary N) is 1. The van der Waals surface area contributed by atoms with Gasteiger partial charge in [-0.25, -0.2) is 4.98 Å². The van der Waals surface area contributed by atoms with Gasteiger partial charge in [0.15, 0.2) is 0 Å². The average Bonchev–Trinajstić information content (AvgIpc) is 2.46. The van der Waals surface area contributed by atoms with Gasteiger partial charge < -0.3 is 10.2 Å². The van der Waals surface area contributed by atoms with Gasteiger partial charge in [-0.1, -0.05) is 33.6 Å². The minimum atomic E-state index is 0.759. The number of pyridine rings is 1. The summed E-state index contributed by atoms with van der Waals surface area (Å²) in [6, 6.07) is 4.42. The molecule has 0 aliphatic carbocycles. The van der Waals surface area contributed by atoms with Crippen LogP contribution in [0.15, 0.2) is 12.1 Å². The molecule has 0 radical (unpaired) electrons. The Morgan fingerprint density at radius 3 is 2.40 bits per heavy atom. The first-order valence-electron chi connectivity index (χ1n) is 8.07. The molecule has 0 fully saturated rings. The van der Waals surface area contributed by atoms with Crippen LogP contribution in [0, 0.1) is 12.8 Å². The SMILES string of the molecule is CCNCc1cc(C)nc(N(CC)CC(CC)CC)c1. The molecule has 0 saturated carbocycles. The van der Waals surface area contributed by atoms with E-state index in [4.69, 9.17) is 4.98 Å². The van der Waals surface area contributed by atoms with Gasteiger partial charge >= 0.3 is 0 Å². The van der Waals surface area contributed by atoms with Gasteiger partial charge in [0.2, 0.25) is 0 Å². The maximum atomic E-state index is 4.73. The van der Waals surface area contributed by atoms with E-state index >= 15 is 0 Å². The number of aromatic nitrogens is 1. The number of aryl methyl sites for hydroxylation is 1. The monoisotopic (exact) mass is 277 g/mol. The molecule has 114 valence electrons. The number of nitrogens with zero attached hydrogens (tertiary/aromatic N) is 2. The van der Waals surface area contributed by atoms with Crippen LogP contribution >= 0.6 is 0 Å². The molecule has 0 aliphatic rings. The van der Waals surface area contributed by atoms with Gasteiger partial charge in [-0.3, -0.25) is 0 Å². The largest absolute Gasteiger partial charge is 0.357 e. The molecule has 1 N–H and O–H groups in total. The number of anilines is 1. The number of hydrogen-bond donors (Lipinski definition) is 1. The summed E-state index contributed by atoms with van der Waals surface area (Å²) in [6.07, 6.45) is 2.48. The standard InChI is InChI=1S/C17H31N3/c1-6-15(7-2)13-20(9-4)17-11-16(12-18-8-3)10-14(5)19-17/h10-11,15,18H,6-9,12-13H2,1-5H3. The lowest BCUT2D eigenvalue weighted by Crippen LogP contribution is -2.30. The van der Waals surface area contributed by atoms with Gasteiger partial charge in [-0.05, 0) is 44.0 Å². The van der Waals surface area contributed by atoms with E-state index in [2.05, 4.69) is 57.0 Å². The van der Waals surface area contributed by atoms with Crippen molar-refractivity contribution in [3.05, 3.63) is 23.4 Å². The van der Waals surface area contributed by atoms with Crippen LogP contribution < -0.4 is 10.2 Å². The lowest BCUT2D eigenvalue weighted by molar-refractivity contribution is 0.484. The first-order valence-corrected chi connectivity index (χ1v) is 8.07. The molecule has 0 bridgehead atoms. The van der Waals surface area contributed by atoms with E-state index < -0.39 is 0 Å².